The minimum Gasteiger partial charge on any atom is -0.383 e. The molecule has 152 valence electrons. The van der Waals surface area contributed by atoms with E-state index in [-0.39, 0.29) is 18.0 Å². The fourth-order valence-electron chi connectivity index (χ4n) is 3.07. The first-order valence-electron chi connectivity index (χ1n) is 9.43. The lowest BCUT2D eigenvalue weighted by Gasteiger charge is -2.20. The molecule has 0 unspecified atom stereocenters. The van der Waals surface area contributed by atoms with Crippen molar-refractivity contribution in [2.24, 2.45) is 0 Å². The molecular weight excluding hydrogens is 400 g/mol. The Morgan fingerprint density at radius 3 is 2.70 bits per heavy atom. The van der Waals surface area contributed by atoms with Crippen molar-refractivity contribution in [1.82, 2.24) is 19.9 Å². The van der Waals surface area contributed by atoms with Gasteiger partial charge in [0, 0.05) is 19.7 Å². The Balaban J connectivity index is 1.55. The third-order valence-corrected chi connectivity index (χ3v) is 5.56. The average molecular weight is 420 g/mol. The van der Waals surface area contributed by atoms with Gasteiger partial charge in [-0.3, -0.25) is 9.59 Å². The molecule has 0 aliphatic rings. The fourth-order valence-corrected chi connectivity index (χ4v) is 3.94. The third-order valence-electron chi connectivity index (χ3n) is 4.56. The van der Waals surface area contributed by atoms with Crippen molar-refractivity contribution in [3.05, 3.63) is 75.8 Å². The Kier molecular flexibility index (Phi) is 5.97. The van der Waals surface area contributed by atoms with E-state index in [1.54, 1.807) is 36.3 Å². The zero-order chi connectivity index (χ0) is 20.9. The predicted molar refractivity (Wildman–Crippen MR) is 118 cm³/mol. The van der Waals surface area contributed by atoms with Crippen molar-refractivity contribution in [2.75, 3.05) is 20.3 Å². The monoisotopic (exact) mass is 420 g/mol. The van der Waals surface area contributed by atoms with Crippen molar-refractivity contribution < 1.29 is 9.53 Å². The largest absolute Gasteiger partial charge is 0.383 e. The van der Waals surface area contributed by atoms with Crippen molar-refractivity contribution >= 4 is 44.4 Å². The Morgan fingerprint density at radius 2 is 1.90 bits per heavy atom. The summed E-state index contributed by atoms with van der Waals surface area (Å²) in [6.07, 6.45) is 3.20. The molecule has 2 aromatic carbocycles. The molecule has 0 saturated carbocycles. The van der Waals surface area contributed by atoms with Gasteiger partial charge in [-0.2, -0.15) is 0 Å². The van der Waals surface area contributed by atoms with E-state index in [2.05, 4.69) is 15.0 Å². The van der Waals surface area contributed by atoms with Crippen LogP contribution in [0.3, 0.4) is 0 Å². The van der Waals surface area contributed by atoms with E-state index in [0.29, 0.717) is 29.9 Å². The van der Waals surface area contributed by atoms with Crippen LogP contribution in [0.5, 0.6) is 0 Å². The number of carbonyl (C=O) groups excluding carboxylic acids is 1. The van der Waals surface area contributed by atoms with Gasteiger partial charge in [0.2, 0.25) is 5.91 Å². The summed E-state index contributed by atoms with van der Waals surface area (Å²) < 4.78 is 6.20. The predicted octanol–water partition coefficient (Wildman–Crippen LogP) is 3.22. The number of aromatic nitrogens is 3. The highest BCUT2D eigenvalue weighted by molar-refractivity contribution is 7.19. The molecule has 4 aromatic rings. The van der Waals surface area contributed by atoms with Crippen LogP contribution in [-0.2, 0) is 16.1 Å². The molecule has 0 aliphatic carbocycles. The van der Waals surface area contributed by atoms with E-state index in [1.807, 2.05) is 30.3 Å². The van der Waals surface area contributed by atoms with Crippen LogP contribution in [0.25, 0.3) is 27.2 Å². The third kappa shape index (κ3) is 4.45. The quantitative estimate of drug-likeness (QED) is 0.464. The first-order valence-corrected chi connectivity index (χ1v) is 10.2. The van der Waals surface area contributed by atoms with Crippen molar-refractivity contribution in [2.45, 2.75) is 6.54 Å². The average Bonchev–Trinajstić information content (AvgIpc) is 3.18. The van der Waals surface area contributed by atoms with Crippen molar-refractivity contribution in [1.29, 1.82) is 0 Å². The van der Waals surface area contributed by atoms with E-state index in [0.717, 1.165) is 15.2 Å². The van der Waals surface area contributed by atoms with E-state index in [1.165, 1.54) is 17.4 Å². The van der Waals surface area contributed by atoms with Gasteiger partial charge >= 0.3 is 0 Å². The summed E-state index contributed by atoms with van der Waals surface area (Å²) >= 11 is 1.52. The van der Waals surface area contributed by atoms with Crippen LogP contribution in [0, 0.1) is 0 Å². The number of hydrogen-bond acceptors (Lipinski definition) is 6. The van der Waals surface area contributed by atoms with Crippen molar-refractivity contribution in [3.63, 3.8) is 0 Å². The second-order valence-corrected chi connectivity index (χ2v) is 7.70. The summed E-state index contributed by atoms with van der Waals surface area (Å²) in [4.78, 5) is 38.5. The molecule has 0 fully saturated rings. The number of benzene rings is 2. The summed E-state index contributed by atoms with van der Waals surface area (Å²) in [5.41, 5.74) is 1.28. The summed E-state index contributed by atoms with van der Waals surface area (Å²) in [5, 5.41) is 1.28. The molecule has 0 spiro atoms. The number of nitrogens with one attached hydrogen (secondary N) is 1. The van der Waals surface area contributed by atoms with Crippen molar-refractivity contribution in [3.8, 4) is 0 Å². The molecule has 1 amide bonds. The maximum absolute atomic E-state index is 12.8. The second-order valence-electron chi connectivity index (χ2n) is 6.64. The van der Waals surface area contributed by atoms with Crippen LogP contribution >= 0.6 is 11.3 Å². The van der Waals surface area contributed by atoms with Gasteiger partial charge in [-0.25, -0.2) is 9.97 Å². The molecule has 2 heterocycles. The Hall–Kier alpha value is -3.36. The van der Waals surface area contributed by atoms with Crippen LogP contribution in [-0.4, -0.2) is 46.0 Å². The van der Waals surface area contributed by atoms with Gasteiger partial charge in [-0.05, 0) is 30.3 Å². The number of amides is 1. The molecule has 30 heavy (non-hydrogen) atoms. The Bertz CT molecular complexity index is 1250. The molecule has 7 nitrogen and oxygen atoms in total. The van der Waals surface area contributed by atoms with Gasteiger partial charge in [-0.15, -0.1) is 11.3 Å². The van der Waals surface area contributed by atoms with Crippen LogP contribution in [0.4, 0.5) is 0 Å². The van der Waals surface area contributed by atoms with Crippen LogP contribution < -0.4 is 5.56 Å². The highest BCUT2D eigenvalue weighted by Gasteiger charge is 2.14. The first-order chi connectivity index (χ1) is 14.6. The summed E-state index contributed by atoms with van der Waals surface area (Å²) in [5.74, 6) is 0.221. The Morgan fingerprint density at radius 1 is 1.13 bits per heavy atom. The standard InChI is InChI=1S/C22H20N4O3S/c1-29-13-12-26(14-19-23-16-7-3-2-6-15(16)22(28)25-19)21(27)11-10-20-24-17-8-4-5-9-18(17)30-20/h2-11H,12-14H2,1H3,(H,23,25,28)/b11-10+. The molecular formula is C22H20N4O3S. The number of carbonyl (C=O) groups is 1. The first kappa shape index (κ1) is 19.9. The highest BCUT2D eigenvalue weighted by Crippen LogP contribution is 2.22. The van der Waals surface area contributed by atoms with Gasteiger partial charge in [0.15, 0.2) is 0 Å². The second kappa shape index (κ2) is 8.98. The molecule has 4 rings (SSSR count). The molecule has 0 bridgehead atoms. The SMILES string of the molecule is COCCN(Cc1nc2ccccc2c(=O)[nH]1)C(=O)/C=C/c1nc2ccccc2s1. The number of rotatable bonds is 7. The molecule has 1 N–H and O–H groups in total. The number of fused-ring (bicyclic) bond motifs is 2. The van der Waals surface area contributed by atoms with Gasteiger partial charge in [-0.1, -0.05) is 24.3 Å². The maximum atomic E-state index is 12.8. The molecule has 0 saturated heterocycles. The van der Waals surface area contributed by atoms with Crippen LogP contribution in [0.1, 0.15) is 10.8 Å². The number of nitrogens with zero attached hydrogens (tertiary/aromatic N) is 3. The lowest BCUT2D eigenvalue weighted by molar-refractivity contribution is -0.127. The number of hydrogen-bond donors (Lipinski definition) is 1. The number of aromatic amines is 1. The van der Waals surface area contributed by atoms with E-state index < -0.39 is 0 Å². The van der Waals surface area contributed by atoms with Crippen LogP contribution in [0.2, 0.25) is 0 Å². The van der Waals surface area contributed by atoms with E-state index >= 15 is 0 Å². The Labute approximate surface area is 176 Å². The lowest BCUT2D eigenvalue weighted by atomic mass is 10.2. The minimum absolute atomic E-state index is 0.173. The van der Waals surface area contributed by atoms with Crippen LogP contribution in [0.15, 0.2) is 59.4 Å². The molecule has 8 heteroatoms. The summed E-state index contributed by atoms with van der Waals surface area (Å²) in [6, 6.07) is 15.0. The van der Waals surface area contributed by atoms with Gasteiger partial charge < -0.3 is 14.6 Å². The topological polar surface area (TPSA) is 88.2 Å². The fraction of sp³-hybridized carbons (Fsp3) is 0.182. The number of ether oxygens (including phenoxy) is 1. The van der Waals surface area contributed by atoms with E-state index in [9.17, 15) is 9.59 Å². The molecule has 0 radical (unpaired) electrons. The number of thiazole rings is 1. The lowest BCUT2D eigenvalue weighted by Crippen LogP contribution is -2.33. The van der Waals surface area contributed by atoms with Gasteiger partial charge in [0.25, 0.3) is 5.56 Å². The molecule has 2 aromatic heterocycles. The zero-order valence-electron chi connectivity index (χ0n) is 16.4. The highest BCUT2D eigenvalue weighted by atomic mass is 32.1. The molecule has 0 atom stereocenters. The van der Waals surface area contributed by atoms with Gasteiger partial charge in [0.05, 0.1) is 34.3 Å². The normalized spacial score (nSPS) is 11.5. The number of methoxy groups -OCH3 is 1. The number of para-hydroxylation sites is 2. The van der Waals surface area contributed by atoms with E-state index in [4.69, 9.17) is 4.74 Å². The zero-order valence-corrected chi connectivity index (χ0v) is 17.2. The summed E-state index contributed by atoms with van der Waals surface area (Å²) in [7, 11) is 1.58. The molecule has 0 aliphatic heterocycles. The number of H-pyrrole nitrogens is 1. The smallest absolute Gasteiger partial charge is 0.258 e. The summed E-state index contributed by atoms with van der Waals surface area (Å²) in [6.45, 7) is 0.918. The maximum Gasteiger partial charge on any atom is 0.258 e. The van der Waals surface area contributed by atoms with Gasteiger partial charge in [0.1, 0.15) is 10.8 Å². The minimum atomic E-state index is -0.222.